The van der Waals surface area contributed by atoms with Gasteiger partial charge in [0.15, 0.2) is 0 Å². The number of hydrogen-bond acceptors (Lipinski definition) is 4. The van der Waals surface area contributed by atoms with E-state index in [1.54, 1.807) is 0 Å². The zero-order valence-corrected chi connectivity index (χ0v) is 15.0. The highest BCUT2D eigenvalue weighted by Gasteiger charge is 2.28. The van der Waals surface area contributed by atoms with Gasteiger partial charge in [0.05, 0.1) is 6.54 Å². The van der Waals surface area contributed by atoms with Crippen LogP contribution in [0.3, 0.4) is 0 Å². The molecule has 0 spiro atoms. The molecule has 0 N–H and O–H groups in total. The second-order valence-electron chi connectivity index (χ2n) is 7.97. The summed E-state index contributed by atoms with van der Waals surface area (Å²) < 4.78 is 0. The number of likely N-dealkylation sites (N-methyl/N-ethyl adjacent to an activating group) is 1. The Morgan fingerprint density at radius 1 is 0.957 bits per heavy atom. The predicted octanol–water partition coefficient (Wildman–Crippen LogP) is 0.957. The Morgan fingerprint density at radius 3 is 2.26 bits per heavy atom. The smallest absolute Gasteiger partial charge is 0.236 e. The summed E-state index contributed by atoms with van der Waals surface area (Å²) in [5.41, 5.74) is 0. The van der Waals surface area contributed by atoms with Crippen LogP contribution in [-0.4, -0.2) is 98.0 Å². The molecule has 2 saturated heterocycles. The largest absolute Gasteiger partial charge is 0.339 e. The van der Waals surface area contributed by atoms with Gasteiger partial charge in [0.25, 0.3) is 0 Å². The Kier molecular flexibility index (Phi) is 5.94. The van der Waals surface area contributed by atoms with Crippen molar-refractivity contribution in [3.05, 3.63) is 0 Å². The Bertz CT molecular complexity index is 386. The first-order chi connectivity index (χ1) is 11.1. The Balaban J connectivity index is 1.36. The number of nitrogens with zero attached hydrogens (tertiary/aromatic N) is 4. The molecule has 1 aliphatic carbocycles. The van der Waals surface area contributed by atoms with E-state index in [9.17, 15) is 4.79 Å². The topological polar surface area (TPSA) is 30.0 Å². The molecule has 3 rings (SSSR count). The molecular formula is C18H34N4O. The van der Waals surface area contributed by atoms with Crippen molar-refractivity contribution in [3.63, 3.8) is 0 Å². The van der Waals surface area contributed by atoms with E-state index in [2.05, 4.69) is 33.7 Å². The van der Waals surface area contributed by atoms with Crippen LogP contribution in [0, 0.1) is 5.92 Å². The van der Waals surface area contributed by atoms with Gasteiger partial charge in [-0.15, -0.1) is 0 Å². The number of amides is 1. The third-order valence-corrected chi connectivity index (χ3v) is 6.05. The maximum atomic E-state index is 12.5. The average molecular weight is 322 g/mol. The summed E-state index contributed by atoms with van der Waals surface area (Å²) in [5.74, 6) is 1.26. The molecular weight excluding hydrogens is 288 g/mol. The lowest BCUT2D eigenvalue weighted by Crippen LogP contribution is -2.51. The molecule has 2 heterocycles. The second-order valence-corrected chi connectivity index (χ2v) is 7.97. The first-order valence-electron chi connectivity index (χ1n) is 9.50. The van der Waals surface area contributed by atoms with Crippen LogP contribution >= 0.6 is 0 Å². The fourth-order valence-electron chi connectivity index (χ4n) is 4.41. The molecule has 5 heteroatoms. The van der Waals surface area contributed by atoms with Crippen LogP contribution in [-0.2, 0) is 4.79 Å². The second kappa shape index (κ2) is 7.95. The monoisotopic (exact) mass is 322 g/mol. The normalized spacial score (nSPS) is 28.1. The lowest BCUT2D eigenvalue weighted by atomic mass is 10.1. The maximum absolute atomic E-state index is 12.5. The molecule has 5 nitrogen and oxygen atoms in total. The van der Waals surface area contributed by atoms with Crippen molar-refractivity contribution >= 4 is 5.91 Å². The predicted molar refractivity (Wildman–Crippen MR) is 93.5 cm³/mol. The Hall–Kier alpha value is -0.650. The van der Waals surface area contributed by atoms with Crippen molar-refractivity contribution in [1.29, 1.82) is 0 Å². The molecule has 2 aliphatic heterocycles. The van der Waals surface area contributed by atoms with Crippen LogP contribution in [0.15, 0.2) is 0 Å². The molecule has 1 atom stereocenters. The molecule has 1 amide bonds. The highest BCUT2D eigenvalue weighted by Crippen LogP contribution is 2.25. The SMILES string of the molecule is CN(C)[C@H]1CCN(CC(=O)N2CCN(CC3CCCC3)CC2)C1. The van der Waals surface area contributed by atoms with Crippen molar-refractivity contribution in [3.8, 4) is 0 Å². The van der Waals surface area contributed by atoms with Gasteiger partial charge >= 0.3 is 0 Å². The molecule has 0 radical (unpaired) electrons. The fraction of sp³-hybridized carbons (Fsp3) is 0.944. The van der Waals surface area contributed by atoms with Gasteiger partial charge in [0, 0.05) is 51.9 Å². The van der Waals surface area contributed by atoms with Gasteiger partial charge in [0.1, 0.15) is 0 Å². The lowest BCUT2D eigenvalue weighted by molar-refractivity contribution is -0.134. The number of carbonyl (C=O) groups is 1. The number of hydrogen-bond donors (Lipinski definition) is 0. The molecule has 3 fully saturated rings. The van der Waals surface area contributed by atoms with Crippen LogP contribution < -0.4 is 0 Å². The van der Waals surface area contributed by atoms with E-state index in [-0.39, 0.29) is 0 Å². The van der Waals surface area contributed by atoms with Crippen molar-refractivity contribution in [2.45, 2.75) is 38.1 Å². The van der Waals surface area contributed by atoms with Gasteiger partial charge in [-0.05, 0) is 39.3 Å². The summed E-state index contributed by atoms with van der Waals surface area (Å²) in [7, 11) is 4.28. The minimum atomic E-state index is 0.338. The Morgan fingerprint density at radius 2 is 1.65 bits per heavy atom. The van der Waals surface area contributed by atoms with Crippen molar-refractivity contribution in [2.75, 3.05) is 66.5 Å². The molecule has 1 saturated carbocycles. The molecule has 23 heavy (non-hydrogen) atoms. The summed E-state index contributed by atoms with van der Waals surface area (Å²) in [6, 6.07) is 0.617. The highest BCUT2D eigenvalue weighted by atomic mass is 16.2. The molecule has 3 aliphatic rings. The maximum Gasteiger partial charge on any atom is 0.236 e. The summed E-state index contributed by atoms with van der Waals surface area (Å²) in [5, 5.41) is 0. The minimum Gasteiger partial charge on any atom is -0.339 e. The van der Waals surface area contributed by atoms with E-state index in [1.807, 2.05) is 0 Å². The van der Waals surface area contributed by atoms with Crippen LogP contribution in [0.1, 0.15) is 32.1 Å². The Labute approximate surface area is 141 Å². The summed E-state index contributed by atoms with van der Waals surface area (Å²) >= 11 is 0. The number of piperazine rings is 1. The number of rotatable bonds is 5. The average Bonchev–Trinajstić information content (AvgIpc) is 3.19. The minimum absolute atomic E-state index is 0.338. The number of likely N-dealkylation sites (tertiary alicyclic amines) is 1. The molecule has 0 aromatic rings. The van der Waals surface area contributed by atoms with E-state index in [4.69, 9.17) is 0 Å². The molecule has 0 bridgehead atoms. The van der Waals surface area contributed by atoms with E-state index in [0.29, 0.717) is 18.5 Å². The highest BCUT2D eigenvalue weighted by molar-refractivity contribution is 5.78. The first-order valence-corrected chi connectivity index (χ1v) is 9.50. The summed E-state index contributed by atoms with van der Waals surface area (Å²) in [6.07, 6.45) is 6.87. The quantitative estimate of drug-likeness (QED) is 0.754. The molecule has 132 valence electrons. The van der Waals surface area contributed by atoms with Crippen molar-refractivity contribution in [2.24, 2.45) is 5.92 Å². The standard InChI is InChI=1S/C18H34N4O/c1-19(2)17-7-8-21(14-17)15-18(23)22-11-9-20(10-12-22)13-16-5-3-4-6-16/h16-17H,3-15H2,1-2H3/t17-/m0/s1. The number of carbonyl (C=O) groups excluding carboxylic acids is 1. The van der Waals surface area contributed by atoms with Gasteiger partial charge in [0.2, 0.25) is 5.91 Å². The summed E-state index contributed by atoms with van der Waals surface area (Å²) in [4.78, 5) is 21.8. The zero-order chi connectivity index (χ0) is 16.2. The third-order valence-electron chi connectivity index (χ3n) is 6.05. The lowest BCUT2D eigenvalue weighted by Gasteiger charge is -2.36. The van der Waals surface area contributed by atoms with E-state index in [1.165, 1.54) is 38.6 Å². The van der Waals surface area contributed by atoms with Gasteiger partial charge in [-0.2, -0.15) is 0 Å². The molecule has 0 unspecified atom stereocenters. The van der Waals surface area contributed by atoms with Gasteiger partial charge in [-0.25, -0.2) is 0 Å². The first kappa shape index (κ1) is 17.2. The van der Waals surface area contributed by atoms with Crippen LogP contribution in [0.4, 0.5) is 0 Å². The van der Waals surface area contributed by atoms with Crippen molar-refractivity contribution < 1.29 is 4.79 Å². The van der Waals surface area contributed by atoms with Crippen LogP contribution in [0.25, 0.3) is 0 Å². The molecule has 0 aromatic carbocycles. The zero-order valence-electron chi connectivity index (χ0n) is 15.0. The van der Waals surface area contributed by atoms with E-state index >= 15 is 0 Å². The van der Waals surface area contributed by atoms with Gasteiger partial charge in [-0.1, -0.05) is 12.8 Å². The van der Waals surface area contributed by atoms with Crippen LogP contribution in [0.5, 0.6) is 0 Å². The van der Waals surface area contributed by atoms with Gasteiger partial charge < -0.3 is 9.80 Å². The summed E-state index contributed by atoms with van der Waals surface area (Å²) in [6.45, 7) is 7.99. The molecule has 0 aromatic heterocycles. The van der Waals surface area contributed by atoms with E-state index in [0.717, 1.165) is 45.2 Å². The fourth-order valence-corrected chi connectivity index (χ4v) is 4.41. The third kappa shape index (κ3) is 4.68. The van der Waals surface area contributed by atoms with Gasteiger partial charge in [-0.3, -0.25) is 14.6 Å². The van der Waals surface area contributed by atoms with Crippen molar-refractivity contribution in [1.82, 2.24) is 19.6 Å². The van der Waals surface area contributed by atoms with E-state index < -0.39 is 0 Å². The van der Waals surface area contributed by atoms with Crippen LogP contribution in [0.2, 0.25) is 0 Å².